The molecule has 0 fully saturated rings. The van der Waals surface area contributed by atoms with Crippen LogP contribution in [0.4, 0.5) is 0 Å². The maximum atomic E-state index is 12.8. The molecule has 0 unspecified atom stereocenters. The number of rotatable bonds is 47. The van der Waals surface area contributed by atoms with Crippen molar-refractivity contribution in [1.82, 2.24) is 0 Å². The highest BCUT2D eigenvalue weighted by atomic mass is 16.6. The van der Waals surface area contributed by atoms with Crippen LogP contribution in [0.1, 0.15) is 201 Å². The van der Waals surface area contributed by atoms with Gasteiger partial charge in [-0.05, 0) is 141 Å². The number of hydrogen-bond acceptors (Lipinski definition) is 6. The van der Waals surface area contributed by atoms with Gasteiger partial charge >= 0.3 is 17.9 Å². The highest BCUT2D eigenvalue weighted by Crippen LogP contribution is 2.11. The quantitative estimate of drug-likeness (QED) is 0.0262. The molecule has 0 aromatic carbocycles. The SMILES string of the molecule is CC/C=C\C/C=C\C/C=C\C/C=C\C/C=C\CCCCCC(=O)O[C@H](COC(=O)CCC/C=C\C/C=C\C/C=C\C/C=C\C/C=C\CC)COC(=O)CCCCCC/C=C\C/C=C\C/C=C\C/C=C\CC. The van der Waals surface area contributed by atoms with E-state index in [0.29, 0.717) is 19.3 Å². The molecule has 0 aliphatic heterocycles. The van der Waals surface area contributed by atoms with Crippen LogP contribution >= 0.6 is 0 Å². The normalized spacial score (nSPS) is 13.5. The molecule has 0 amide bonds. The van der Waals surface area contributed by atoms with Crippen molar-refractivity contribution in [3.63, 3.8) is 0 Å². The lowest BCUT2D eigenvalue weighted by Crippen LogP contribution is -2.30. The van der Waals surface area contributed by atoms with Gasteiger partial charge in [-0.1, -0.05) is 210 Å². The summed E-state index contributed by atoms with van der Waals surface area (Å²) in [7, 11) is 0. The lowest BCUT2D eigenvalue weighted by Gasteiger charge is -2.18. The fourth-order valence-corrected chi connectivity index (χ4v) is 6.67. The van der Waals surface area contributed by atoms with Crippen LogP contribution in [0, 0.1) is 0 Å². The minimum Gasteiger partial charge on any atom is -0.462 e. The van der Waals surface area contributed by atoms with Crippen LogP contribution in [0.15, 0.2) is 170 Å². The number of ether oxygens (including phenoxy) is 3. The Kier molecular flexibility index (Phi) is 53.1. The minimum absolute atomic E-state index is 0.131. The van der Waals surface area contributed by atoms with Gasteiger partial charge < -0.3 is 14.2 Å². The molecule has 0 radical (unpaired) electrons. The monoisotopic (exact) mass is 975 g/mol. The molecular formula is C65H98O6. The first kappa shape index (κ1) is 65.8. The second-order valence-electron chi connectivity index (χ2n) is 17.3. The molecule has 0 bridgehead atoms. The molecule has 0 aromatic heterocycles. The molecular weight excluding hydrogens is 877 g/mol. The van der Waals surface area contributed by atoms with Gasteiger partial charge in [0.25, 0.3) is 0 Å². The number of carbonyl (C=O) groups is 3. The Morgan fingerprint density at radius 1 is 0.282 bits per heavy atom. The van der Waals surface area contributed by atoms with Crippen LogP contribution in [-0.2, 0) is 28.6 Å². The average molecular weight is 975 g/mol. The molecule has 0 spiro atoms. The molecule has 71 heavy (non-hydrogen) atoms. The molecule has 0 aromatic rings. The van der Waals surface area contributed by atoms with Crippen molar-refractivity contribution in [3.8, 4) is 0 Å². The van der Waals surface area contributed by atoms with Gasteiger partial charge in [0.15, 0.2) is 6.10 Å². The van der Waals surface area contributed by atoms with Crippen LogP contribution in [0.3, 0.4) is 0 Å². The predicted octanol–water partition coefficient (Wildman–Crippen LogP) is 18.8. The zero-order valence-corrected chi connectivity index (χ0v) is 44.9. The molecule has 0 rings (SSSR count). The third-order valence-corrected chi connectivity index (χ3v) is 10.7. The number of unbranched alkanes of at least 4 members (excludes halogenated alkanes) is 8. The van der Waals surface area contributed by atoms with E-state index in [4.69, 9.17) is 14.2 Å². The van der Waals surface area contributed by atoms with Gasteiger partial charge in [-0.15, -0.1) is 0 Å². The fraction of sp³-hybridized carbons (Fsp3) is 0.523. The van der Waals surface area contributed by atoms with Gasteiger partial charge in [0, 0.05) is 19.3 Å². The highest BCUT2D eigenvalue weighted by Gasteiger charge is 2.19. The largest absolute Gasteiger partial charge is 0.462 e. The topological polar surface area (TPSA) is 78.9 Å². The third kappa shape index (κ3) is 55.6. The predicted molar refractivity (Wildman–Crippen MR) is 306 cm³/mol. The van der Waals surface area contributed by atoms with Crippen LogP contribution in [0.5, 0.6) is 0 Å². The van der Waals surface area contributed by atoms with E-state index in [1.165, 1.54) is 0 Å². The van der Waals surface area contributed by atoms with E-state index in [0.717, 1.165) is 148 Å². The van der Waals surface area contributed by atoms with E-state index >= 15 is 0 Å². The van der Waals surface area contributed by atoms with Crippen molar-refractivity contribution in [2.75, 3.05) is 13.2 Å². The van der Waals surface area contributed by atoms with E-state index < -0.39 is 6.10 Å². The zero-order chi connectivity index (χ0) is 51.4. The summed E-state index contributed by atoms with van der Waals surface area (Å²) in [5.74, 6) is -1.06. The third-order valence-electron chi connectivity index (χ3n) is 10.7. The Balaban J connectivity index is 4.63. The number of hydrogen-bond donors (Lipinski definition) is 0. The Morgan fingerprint density at radius 2 is 0.521 bits per heavy atom. The molecule has 0 saturated heterocycles. The maximum absolute atomic E-state index is 12.8. The van der Waals surface area contributed by atoms with E-state index in [9.17, 15) is 14.4 Å². The van der Waals surface area contributed by atoms with E-state index in [2.05, 4.69) is 191 Å². The average Bonchev–Trinajstić information content (AvgIpc) is 3.37. The second kappa shape index (κ2) is 57.3. The first-order valence-corrected chi connectivity index (χ1v) is 27.6. The molecule has 0 saturated carbocycles. The zero-order valence-electron chi connectivity index (χ0n) is 44.9. The molecule has 6 nitrogen and oxygen atoms in total. The summed E-state index contributed by atoms with van der Waals surface area (Å²) >= 11 is 0. The highest BCUT2D eigenvalue weighted by molar-refractivity contribution is 5.71. The minimum atomic E-state index is -0.839. The number of carbonyl (C=O) groups excluding carboxylic acids is 3. The lowest BCUT2D eigenvalue weighted by molar-refractivity contribution is -0.167. The molecule has 0 aliphatic rings. The van der Waals surface area contributed by atoms with Crippen molar-refractivity contribution in [2.45, 2.75) is 207 Å². The number of allylic oxidation sites excluding steroid dienone is 28. The summed E-state index contributed by atoms with van der Waals surface area (Å²) < 4.78 is 16.7. The van der Waals surface area contributed by atoms with Gasteiger partial charge in [0.1, 0.15) is 13.2 Å². The van der Waals surface area contributed by atoms with Crippen molar-refractivity contribution in [2.24, 2.45) is 0 Å². The van der Waals surface area contributed by atoms with E-state index in [1.807, 2.05) is 0 Å². The summed E-state index contributed by atoms with van der Waals surface area (Å²) in [4.78, 5) is 38.1. The van der Waals surface area contributed by atoms with Crippen LogP contribution in [0.2, 0.25) is 0 Å². The molecule has 6 heteroatoms. The van der Waals surface area contributed by atoms with Gasteiger partial charge in [-0.25, -0.2) is 0 Å². The second-order valence-corrected chi connectivity index (χ2v) is 17.3. The molecule has 394 valence electrons. The first-order valence-electron chi connectivity index (χ1n) is 27.6. The van der Waals surface area contributed by atoms with Gasteiger partial charge in [0.2, 0.25) is 0 Å². The summed E-state index contributed by atoms with van der Waals surface area (Å²) in [6.45, 7) is 6.17. The molecule has 0 aliphatic carbocycles. The van der Waals surface area contributed by atoms with Gasteiger partial charge in [-0.2, -0.15) is 0 Å². The molecule has 1 atom stereocenters. The van der Waals surface area contributed by atoms with Crippen LogP contribution < -0.4 is 0 Å². The molecule has 0 heterocycles. The van der Waals surface area contributed by atoms with E-state index in [-0.39, 0.29) is 44.0 Å². The summed E-state index contributed by atoms with van der Waals surface area (Å²) in [6.07, 6.45) is 84.8. The van der Waals surface area contributed by atoms with Gasteiger partial charge in [0.05, 0.1) is 0 Å². The first-order chi connectivity index (χ1) is 35.0. The van der Waals surface area contributed by atoms with Crippen molar-refractivity contribution < 1.29 is 28.6 Å². The fourth-order valence-electron chi connectivity index (χ4n) is 6.67. The van der Waals surface area contributed by atoms with Crippen molar-refractivity contribution >= 4 is 17.9 Å². The van der Waals surface area contributed by atoms with E-state index in [1.54, 1.807) is 0 Å². The number of esters is 3. The Morgan fingerprint density at radius 3 is 0.845 bits per heavy atom. The summed E-state index contributed by atoms with van der Waals surface area (Å²) in [5.41, 5.74) is 0. The molecule has 0 N–H and O–H groups in total. The smallest absolute Gasteiger partial charge is 0.306 e. The Bertz CT molecular complexity index is 1690. The van der Waals surface area contributed by atoms with Crippen molar-refractivity contribution in [1.29, 1.82) is 0 Å². The van der Waals surface area contributed by atoms with Gasteiger partial charge in [-0.3, -0.25) is 14.4 Å². The van der Waals surface area contributed by atoms with Crippen LogP contribution in [-0.4, -0.2) is 37.2 Å². The summed E-state index contributed by atoms with van der Waals surface area (Å²) in [6, 6.07) is 0. The standard InChI is InChI=1S/C65H98O6/c1-4-7-10-13-16-19-22-25-28-31-32-35-38-41-44-47-50-53-56-59-65(68)71-62(60-69-63(66)57-54-51-48-45-42-39-36-33-29-26-23-20-17-14-11-8-5-2)61-70-64(67)58-55-52-49-46-43-40-37-34-30-27-24-21-18-15-12-9-6-3/h7-12,16-21,25-30,32,35-37,39-41,44-45,48,62H,4-6,13-15,22-24,31,33-34,38,42-43,46-47,49-61H2,1-3H3/b10-7-,11-8-,12-9-,19-16-,20-17-,21-18-,28-25-,29-26-,30-27-,35-32-,39-36-,40-37-,44-41-,48-45-/t62-/m1/s1. The van der Waals surface area contributed by atoms with Crippen molar-refractivity contribution in [3.05, 3.63) is 170 Å². The lowest BCUT2D eigenvalue weighted by atomic mass is 10.1. The summed E-state index contributed by atoms with van der Waals surface area (Å²) in [5, 5.41) is 0. The Hall–Kier alpha value is -5.23. The van der Waals surface area contributed by atoms with Crippen LogP contribution in [0.25, 0.3) is 0 Å². The Labute approximate surface area is 434 Å². The maximum Gasteiger partial charge on any atom is 0.306 e.